The third kappa shape index (κ3) is 3.67. The van der Waals surface area contributed by atoms with E-state index in [9.17, 15) is 8.42 Å². The minimum atomic E-state index is -3.39. The average molecular weight is 328 g/mol. The van der Waals surface area contributed by atoms with Crippen LogP contribution >= 0.6 is 22.7 Å². The van der Waals surface area contributed by atoms with Gasteiger partial charge in [0.1, 0.15) is 4.21 Å². The second-order valence-corrected chi connectivity index (χ2v) is 8.77. The summed E-state index contributed by atoms with van der Waals surface area (Å²) in [6, 6.07) is 6.23. The molecule has 1 fully saturated rings. The Hall–Kier alpha value is -0.730. The van der Waals surface area contributed by atoms with Crippen LogP contribution in [0.4, 0.5) is 0 Å². The van der Waals surface area contributed by atoms with Gasteiger partial charge >= 0.3 is 0 Å². The van der Waals surface area contributed by atoms with E-state index in [1.807, 2.05) is 22.9 Å². The monoisotopic (exact) mass is 328 g/mol. The van der Waals surface area contributed by atoms with Crippen molar-refractivity contribution in [2.45, 2.75) is 36.2 Å². The Morgan fingerprint density at radius 2 is 2.10 bits per heavy atom. The quantitative estimate of drug-likeness (QED) is 0.821. The molecule has 0 spiro atoms. The lowest BCUT2D eigenvalue weighted by Gasteiger charge is -2.02. The van der Waals surface area contributed by atoms with Crippen molar-refractivity contribution < 1.29 is 8.42 Å². The lowest BCUT2D eigenvalue weighted by Crippen LogP contribution is -2.22. The van der Waals surface area contributed by atoms with E-state index < -0.39 is 10.0 Å². The Morgan fingerprint density at radius 3 is 2.80 bits per heavy atom. The second kappa shape index (κ2) is 5.95. The first-order chi connectivity index (χ1) is 9.63. The number of rotatable bonds is 7. The molecule has 1 aliphatic rings. The van der Waals surface area contributed by atoms with Gasteiger partial charge in [-0.3, -0.25) is 0 Å². The Labute approximate surface area is 126 Å². The van der Waals surface area contributed by atoms with Gasteiger partial charge in [0.05, 0.1) is 0 Å². The zero-order valence-electron chi connectivity index (χ0n) is 10.8. The fourth-order valence-corrected chi connectivity index (χ4v) is 4.78. The minimum Gasteiger partial charge on any atom is -0.310 e. The van der Waals surface area contributed by atoms with Crippen LogP contribution in [0, 0.1) is 0 Å². The predicted molar refractivity (Wildman–Crippen MR) is 82.5 cm³/mol. The van der Waals surface area contributed by atoms with Gasteiger partial charge in [-0.2, -0.15) is 0 Å². The SMILES string of the molecule is O=S(=O)(NCc1cccs1)c1cc(CNC2CC2)cs1. The standard InChI is InChI=1S/C13H16N2O2S3/c16-20(17,15-8-12-2-1-5-18-12)13-6-10(9-19-13)7-14-11-3-4-11/h1-2,5-6,9,11,14-15H,3-4,7-8H2. The summed E-state index contributed by atoms with van der Waals surface area (Å²) in [5.41, 5.74) is 1.04. The number of nitrogens with one attached hydrogen (secondary N) is 2. The van der Waals surface area contributed by atoms with Crippen LogP contribution < -0.4 is 10.0 Å². The summed E-state index contributed by atoms with van der Waals surface area (Å²) >= 11 is 2.83. The molecular formula is C13H16N2O2S3. The molecule has 2 aromatic heterocycles. The highest BCUT2D eigenvalue weighted by Crippen LogP contribution is 2.23. The Bertz CT molecular complexity index is 658. The van der Waals surface area contributed by atoms with Crippen LogP contribution in [0.25, 0.3) is 0 Å². The van der Waals surface area contributed by atoms with E-state index in [4.69, 9.17) is 0 Å². The first kappa shape index (κ1) is 14.2. The maximum atomic E-state index is 12.2. The first-order valence-corrected chi connectivity index (χ1v) is 9.70. The van der Waals surface area contributed by atoms with E-state index in [0.29, 0.717) is 16.8 Å². The largest absolute Gasteiger partial charge is 0.310 e. The molecular weight excluding hydrogens is 312 g/mol. The van der Waals surface area contributed by atoms with Crippen LogP contribution in [-0.4, -0.2) is 14.5 Å². The Kier molecular flexibility index (Phi) is 4.23. The topological polar surface area (TPSA) is 58.2 Å². The summed E-state index contributed by atoms with van der Waals surface area (Å²) in [6.07, 6.45) is 2.47. The molecule has 3 rings (SSSR count). The number of sulfonamides is 1. The van der Waals surface area contributed by atoms with Crippen LogP contribution in [0.15, 0.2) is 33.2 Å². The molecule has 7 heteroatoms. The van der Waals surface area contributed by atoms with Crippen molar-refractivity contribution in [1.29, 1.82) is 0 Å². The van der Waals surface area contributed by atoms with Gasteiger partial charge in [0.2, 0.25) is 10.0 Å². The van der Waals surface area contributed by atoms with Crippen LogP contribution in [0.5, 0.6) is 0 Å². The summed E-state index contributed by atoms with van der Waals surface area (Å²) in [5.74, 6) is 0. The fraction of sp³-hybridized carbons (Fsp3) is 0.385. The van der Waals surface area contributed by atoms with Gasteiger partial charge < -0.3 is 5.32 Å². The molecule has 0 bridgehead atoms. The van der Waals surface area contributed by atoms with Gasteiger partial charge in [0, 0.05) is 24.0 Å². The average Bonchev–Trinajstić information content (AvgIpc) is 2.94. The third-order valence-electron chi connectivity index (χ3n) is 3.08. The molecule has 0 aliphatic heterocycles. The highest BCUT2D eigenvalue weighted by atomic mass is 32.2. The molecule has 2 aromatic rings. The molecule has 4 nitrogen and oxygen atoms in total. The molecule has 0 radical (unpaired) electrons. The lowest BCUT2D eigenvalue weighted by atomic mass is 10.3. The molecule has 2 N–H and O–H groups in total. The molecule has 0 unspecified atom stereocenters. The molecule has 2 heterocycles. The van der Waals surface area contributed by atoms with E-state index in [1.54, 1.807) is 17.4 Å². The van der Waals surface area contributed by atoms with E-state index in [-0.39, 0.29) is 0 Å². The van der Waals surface area contributed by atoms with Gasteiger partial charge in [-0.25, -0.2) is 13.1 Å². The predicted octanol–water partition coefficient (Wildman–Crippen LogP) is 2.54. The zero-order valence-corrected chi connectivity index (χ0v) is 13.3. The highest BCUT2D eigenvalue weighted by molar-refractivity contribution is 7.91. The number of hydrogen-bond donors (Lipinski definition) is 2. The van der Waals surface area contributed by atoms with E-state index in [2.05, 4.69) is 10.0 Å². The summed E-state index contributed by atoms with van der Waals surface area (Å²) in [5, 5.41) is 7.24. The second-order valence-electron chi connectivity index (χ2n) is 4.83. The molecule has 0 saturated heterocycles. The van der Waals surface area contributed by atoms with Crippen molar-refractivity contribution in [2.75, 3.05) is 0 Å². The smallest absolute Gasteiger partial charge is 0.250 e. The van der Waals surface area contributed by atoms with Gasteiger partial charge in [-0.15, -0.1) is 22.7 Å². The first-order valence-electron chi connectivity index (χ1n) is 6.46. The van der Waals surface area contributed by atoms with E-state index >= 15 is 0 Å². The van der Waals surface area contributed by atoms with Gasteiger partial charge in [-0.05, 0) is 41.3 Å². The fourth-order valence-electron chi connectivity index (χ4n) is 1.79. The van der Waals surface area contributed by atoms with Crippen molar-refractivity contribution in [3.8, 4) is 0 Å². The summed E-state index contributed by atoms with van der Waals surface area (Å²) < 4.78 is 27.4. The van der Waals surface area contributed by atoms with Crippen molar-refractivity contribution in [3.05, 3.63) is 39.4 Å². The summed E-state index contributed by atoms with van der Waals surface area (Å²) in [6.45, 7) is 1.11. The number of hydrogen-bond acceptors (Lipinski definition) is 5. The molecule has 108 valence electrons. The zero-order chi connectivity index (χ0) is 14.0. The maximum absolute atomic E-state index is 12.2. The van der Waals surface area contributed by atoms with Crippen LogP contribution in [0.3, 0.4) is 0 Å². The highest BCUT2D eigenvalue weighted by Gasteiger charge is 2.21. The number of thiophene rings is 2. The Morgan fingerprint density at radius 1 is 1.25 bits per heavy atom. The lowest BCUT2D eigenvalue weighted by molar-refractivity contribution is 0.584. The van der Waals surface area contributed by atoms with Crippen molar-refractivity contribution in [2.24, 2.45) is 0 Å². The van der Waals surface area contributed by atoms with Crippen molar-refractivity contribution >= 4 is 32.7 Å². The molecule has 0 aromatic carbocycles. The normalized spacial score (nSPS) is 15.6. The van der Waals surface area contributed by atoms with Crippen molar-refractivity contribution in [1.82, 2.24) is 10.0 Å². The van der Waals surface area contributed by atoms with E-state index in [1.165, 1.54) is 24.2 Å². The molecule has 1 aliphatic carbocycles. The van der Waals surface area contributed by atoms with Crippen LogP contribution in [0.1, 0.15) is 23.3 Å². The maximum Gasteiger partial charge on any atom is 0.250 e. The Balaban J connectivity index is 1.61. The molecule has 0 amide bonds. The summed E-state index contributed by atoms with van der Waals surface area (Å²) in [4.78, 5) is 1.01. The van der Waals surface area contributed by atoms with Gasteiger partial charge in [0.15, 0.2) is 0 Å². The van der Waals surface area contributed by atoms with E-state index in [0.717, 1.165) is 17.0 Å². The molecule has 20 heavy (non-hydrogen) atoms. The van der Waals surface area contributed by atoms with Gasteiger partial charge in [-0.1, -0.05) is 6.07 Å². The van der Waals surface area contributed by atoms with Crippen molar-refractivity contribution in [3.63, 3.8) is 0 Å². The minimum absolute atomic E-state index is 0.355. The van der Waals surface area contributed by atoms with Gasteiger partial charge in [0.25, 0.3) is 0 Å². The van der Waals surface area contributed by atoms with Crippen LogP contribution in [-0.2, 0) is 23.1 Å². The van der Waals surface area contributed by atoms with Crippen LogP contribution in [0.2, 0.25) is 0 Å². The molecule has 0 atom stereocenters. The summed E-state index contributed by atoms with van der Waals surface area (Å²) in [7, 11) is -3.39. The third-order valence-corrected chi connectivity index (χ3v) is 6.85. The molecule has 1 saturated carbocycles.